The highest BCUT2D eigenvalue weighted by Gasteiger charge is 2.03. The van der Waals surface area contributed by atoms with Gasteiger partial charge in [-0.15, -0.1) is 0 Å². The Morgan fingerprint density at radius 3 is 2.43 bits per heavy atom. The van der Waals surface area contributed by atoms with E-state index in [0.29, 0.717) is 12.4 Å². The fourth-order valence-electron chi connectivity index (χ4n) is 2.67. The van der Waals surface area contributed by atoms with E-state index in [1.165, 1.54) is 11.1 Å². The first-order chi connectivity index (χ1) is 11.3. The molecule has 0 atom stereocenters. The smallest absolute Gasteiger partial charge is 0.219 e. The second kappa shape index (κ2) is 7.25. The average Bonchev–Trinajstić information content (AvgIpc) is 2.57. The molecule has 118 valence electrons. The predicted octanol–water partition coefficient (Wildman–Crippen LogP) is 4.48. The number of nitrogens with zero attached hydrogens (tertiary/aromatic N) is 1. The molecule has 0 fully saturated rings. The molecule has 3 aromatic rings. The third kappa shape index (κ3) is 3.88. The summed E-state index contributed by atoms with van der Waals surface area (Å²) < 4.78 is 5.87. The summed E-state index contributed by atoms with van der Waals surface area (Å²) in [5.41, 5.74) is 9.11. The molecular formula is C20H22N2O. The molecule has 3 nitrogen and oxygen atoms in total. The van der Waals surface area contributed by atoms with Crippen molar-refractivity contribution in [2.75, 3.05) is 6.54 Å². The van der Waals surface area contributed by atoms with Crippen molar-refractivity contribution in [1.29, 1.82) is 0 Å². The lowest BCUT2D eigenvalue weighted by Gasteiger charge is -2.07. The van der Waals surface area contributed by atoms with Crippen LogP contribution in [0.5, 0.6) is 11.6 Å². The van der Waals surface area contributed by atoms with E-state index in [1.54, 1.807) is 0 Å². The zero-order valence-electron chi connectivity index (χ0n) is 13.5. The molecule has 3 heteroatoms. The number of rotatable bonds is 6. The van der Waals surface area contributed by atoms with E-state index in [-0.39, 0.29) is 0 Å². The number of aromatic nitrogens is 1. The molecule has 0 radical (unpaired) electrons. The molecule has 0 aliphatic heterocycles. The Balaban J connectivity index is 1.78. The van der Waals surface area contributed by atoms with Crippen LogP contribution in [-0.4, -0.2) is 11.5 Å². The molecule has 23 heavy (non-hydrogen) atoms. The number of benzene rings is 2. The van der Waals surface area contributed by atoms with Crippen molar-refractivity contribution < 1.29 is 4.74 Å². The molecule has 0 aliphatic carbocycles. The summed E-state index contributed by atoms with van der Waals surface area (Å²) in [7, 11) is 0. The lowest BCUT2D eigenvalue weighted by molar-refractivity contribution is 0.465. The predicted molar refractivity (Wildman–Crippen MR) is 95.0 cm³/mol. The van der Waals surface area contributed by atoms with E-state index in [0.717, 1.165) is 35.9 Å². The minimum Gasteiger partial charge on any atom is -0.439 e. The van der Waals surface area contributed by atoms with Gasteiger partial charge in [0.15, 0.2) is 0 Å². The highest BCUT2D eigenvalue weighted by atomic mass is 16.5. The lowest BCUT2D eigenvalue weighted by Crippen LogP contribution is -2.02. The molecule has 3 rings (SSSR count). The van der Waals surface area contributed by atoms with Crippen molar-refractivity contribution in [2.24, 2.45) is 5.73 Å². The van der Waals surface area contributed by atoms with Gasteiger partial charge in [-0.25, -0.2) is 4.98 Å². The molecular weight excluding hydrogens is 284 g/mol. The monoisotopic (exact) mass is 306 g/mol. The first-order valence-electron chi connectivity index (χ1n) is 8.15. The molecule has 0 bridgehead atoms. The van der Waals surface area contributed by atoms with Crippen LogP contribution in [0.2, 0.25) is 0 Å². The standard InChI is InChI=1S/C20H22N2O/c1-2-3-15-4-8-18(9-5-15)23-20-11-7-17-14-16(12-13-21)6-10-19(17)22-20/h4-11,14H,2-3,12-13,21H2,1H3. The van der Waals surface area contributed by atoms with Gasteiger partial charge in [0.05, 0.1) is 5.52 Å². The number of fused-ring (bicyclic) bond motifs is 1. The van der Waals surface area contributed by atoms with E-state index in [4.69, 9.17) is 10.5 Å². The summed E-state index contributed by atoms with van der Waals surface area (Å²) in [5.74, 6) is 1.43. The van der Waals surface area contributed by atoms with Crippen LogP contribution in [0.3, 0.4) is 0 Å². The second-order valence-corrected chi connectivity index (χ2v) is 5.71. The van der Waals surface area contributed by atoms with Gasteiger partial charge in [-0.3, -0.25) is 0 Å². The number of hydrogen-bond acceptors (Lipinski definition) is 3. The van der Waals surface area contributed by atoms with Crippen LogP contribution in [0.15, 0.2) is 54.6 Å². The van der Waals surface area contributed by atoms with Crippen LogP contribution in [0.4, 0.5) is 0 Å². The number of aryl methyl sites for hydroxylation is 1. The van der Waals surface area contributed by atoms with Gasteiger partial charge in [0.1, 0.15) is 5.75 Å². The second-order valence-electron chi connectivity index (χ2n) is 5.71. The Bertz CT molecular complexity index is 781. The van der Waals surface area contributed by atoms with Gasteiger partial charge in [-0.05, 0) is 60.8 Å². The van der Waals surface area contributed by atoms with Crippen molar-refractivity contribution in [3.8, 4) is 11.6 Å². The molecule has 0 saturated heterocycles. The first kappa shape index (κ1) is 15.5. The Kier molecular flexibility index (Phi) is 4.89. The van der Waals surface area contributed by atoms with Gasteiger partial charge in [0, 0.05) is 11.5 Å². The summed E-state index contributed by atoms with van der Waals surface area (Å²) in [6, 6.07) is 18.4. The highest BCUT2D eigenvalue weighted by Crippen LogP contribution is 2.23. The minimum atomic E-state index is 0.618. The Morgan fingerprint density at radius 1 is 0.913 bits per heavy atom. The van der Waals surface area contributed by atoms with E-state index in [2.05, 4.69) is 36.2 Å². The molecule has 2 aromatic carbocycles. The zero-order valence-corrected chi connectivity index (χ0v) is 13.5. The Hall–Kier alpha value is -2.39. The van der Waals surface area contributed by atoms with Gasteiger partial charge in [0.2, 0.25) is 5.88 Å². The van der Waals surface area contributed by atoms with E-state index in [1.807, 2.05) is 30.3 Å². The number of pyridine rings is 1. The SMILES string of the molecule is CCCc1ccc(Oc2ccc3cc(CCN)ccc3n2)cc1. The molecule has 0 aliphatic rings. The molecule has 1 aromatic heterocycles. The van der Waals surface area contributed by atoms with Gasteiger partial charge in [-0.1, -0.05) is 31.5 Å². The largest absolute Gasteiger partial charge is 0.439 e. The van der Waals surface area contributed by atoms with Crippen molar-refractivity contribution in [1.82, 2.24) is 4.98 Å². The van der Waals surface area contributed by atoms with Crippen LogP contribution >= 0.6 is 0 Å². The topological polar surface area (TPSA) is 48.1 Å². The van der Waals surface area contributed by atoms with Gasteiger partial charge >= 0.3 is 0 Å². The number of hydrogen-bond donors (Lipinski definition) is 1. The Labute approximate surface area is 137 Å². The molecule has 0 unspecified atom stereocenters. The highest BCUT2D eigenvalue weighted by molar-refractivity contribution is 5.79. The quantitative estimate of drug-likeness (QED) is 0.730. The van der Waals surface area contributed by atoms with Crippen molar-refractivity contribution in [3.63, 3.8) is 0 Å². The maximum Gasteiger partial charge on any atom is 0.219 e. The van der Waals surface area contributed by atoms with Crippen molar-refractivity contribution in [2.45, 2.75) is 26.2 Å². The lowest BCUT2D eigenvalue weighted by atomic mass is 10.1. The fourth-order valence-corrected chi connectivity index (χ4v) is 2.67. The number of ether oxygens (including phenoxy) is 1. The maximum absolute atomic E-state index is 5.87. The van der Waals surface area contributed by atoms with Gasteiger partial charge < -0.3 is 10.5 Å². The van der Waals surface area contributed by atoms with Gasteiger partial charge in [-0.2, -0.15) is 0 Å². The number of nitrogens with two attached hydrogens (primary N) is 1. The third-order valence-corrected chi connectivity index (χ3v) is 3.85. The first-order valence-corrected chi connectivity index (χ1v) is 8.15. The molecule has 0 saturated carbocycles. The third-order valence-electron chi connectivity index (χ3n) is 3.85. The van der Waals surface area contributed by atoms with Crippen LogP contribution in [0.1, 0.15) is 24.5 Å². The summed E-state index contributed by atoms with van der Waals surface area (Å²) in [6.45, 7) is 2.84. The van der Waals surface area contributed by atoms with Crippen molar-refractivity contribution >= 4 is 10.9 Å². The van der Waals surface area contributed by atoms with Crippen LogP contribution in [0.25, 0.3) is 10.9 Å². The molecule has 2 N–H and O–H groups in total. The van der Waals surface area contributed by atoms with Gasteiger partial charge in [0.25, 0.3) is 0 Å². The fraction of sp³-hybridized carbons (Fsp3) is 0.250. The summed E-state index contributed by atoms with van der Waals surface area (Å²) >= 11 is 0. The average molecular weight is 306 g/mol. The van der Waals surface area contributed by atoms with E-state index < -0.39 is 0 Å². The van der Waals surface area contributed by atoms with E-state index in [9.17, 15) is 0 Å². The Morgan fingerprint density at radius 2 is 1.70 bits per heavy atom. The van der Waals surface area contributed by atoms with Crippen molar-refractivity contribution in [3.05, 3.63) is 65.7 Å². The van der Waals surface area contributed by atoms with Crippen LogP contribution in [0, 0.1) is 0 Å². The molecule has 0 spiro atoms. The summed E-state index contributed by atoms with van der Waals surface area (Å²) in [5, 5.41) is 1.11. The molecule has 0 amide bonds. The maximum atomic E-state index is 5.87. The van der Waals surface area contributed by atoms with Crippen LogP contribution < -0.4 is 10.5 Å². The summed E-state index contributed by atoms with van der Waals surface area (Å²) in [6.07, 6.45) is 3.14. The van der Waals surface area contributed by atoms with Crippen LogP contribution in [-0.2, 0) is 12.8 Å². The zero-order chi connectivity index (χ0) is 16.1. The molecule has 1 heterocycles. The summed E-state index contributed by atoms with van der Waals surface area (Å²) in [4.78, 5) is 4.58. The minimum absolute atomic E-state index is 0.618. The van der Waals surface area contributed by atoms with E-state index >= 15 is 0 Å². The normalized spacial score (nSPS) is 10.9.